The second-order valence-electron chi connectivity index (χ2n) is 4.08. The lowest BCUT2D eigenvalue weighted by atomic mass is 9.98. The van der Waals surface area contributed by atoms with E-state index in [9.17, 15) is 14.4 Å². The van der Waals surface area contributed by atoms with Gasteiger partial charge in [0.2, 0.25) is 5.91 Å². The second-order valence-corrected chi connectivity index (χ2v) is 4.08. The lowest BCUT2D eigenvalue weighted by Crippen LogP contribution is -2.41. The van der Waals surface area contributed by atoms with Crippen LogP contribution in [-0.2, 0) is 19.1 Å². The summed E-state index contributed by atoms with van der Waals surface area (Å²) in [6, 6.07) is -0.663. The van der Waals surface area contributed by atoms with Crippen LogP contribution in [0, 0.1) is 0 Å². The molecule has 0 aromatic heterocycles. The van der Waals surface area contributed by atoms with Crippen molar-refractivity contribution in [3.63, 3.8) is 0 Å². The third kappa shape index (κ3) is 8.15. The zero-order chi connectivity index (χ0) is 14.7. The van der Waals surface area contributed by atoms with E-state index in [1.54, 1.807) is 6.92 Å². The molecule has 19 heavy (non-hydrogen) atoms. The fourth-order valence-corrected chi connectivity index (χ4v) is 1.38. The van der Waals surface area contributed by atoms with Gasteiger partial charge in [0.15, 0.2) is 0 Å². The summed E-state index contributed by atoms with van der Waals surface area (Å²) >= 11 is 0. The van der Waals surface area contributed by atoms with Crippen molar-refractivity contribution in [1.29, 1.82) is 0 Å². The zero-order valence-corrected chi connectivity index (χ0v) is 11.4. The van der Waals surface area contributed by atoms with Crippen LogP contribution in [0.2, 0.25) is 0 Å². The molecule has 0 rings (SSSR count). The minimum absolute atomic E-state index is 0.344. The van der Waals surface area contributed by atoms with Crippen LogP contribution < -0.4 is 10.5 Å². The Morgan fingerprint density at radius 3 is 2.63 bits per heavy atom. The van der Waals surface area contributed by atoms with Gasteiger partial charge in [0.1, 0.15) is 6.04 Å². The van der Waals surface area contributed by atoms with Crippen LogP contribution >= 0.6 is 0 Å². The van der Waals surface area contributed by atoms with Gasteiger partial charge in [-0.3, -0.25) is 4.79 Å². The molecule has 0 bridgehead atoms. The number of carbonyl (C=O) groups is 3. The first-order chi connectivity index (χ1) is 9.02. The number of methoxy groups -OCH3 is 1. The molecule has 1 atom stereocenters. The van der Waals surface area contributed by atoms with Crippen LogP contribution in [0.25, 0.3) is 0 Å². The van der Waals surface area contributed by atoms with Crippen molar-refractivity contribution in [2.45, 2.75) is 32.2 Å². The van der Waals surface area contributed by atoms with Crippen LogP contribution in [-0.4, -0.2) is 45.2 Å². The van der Waals surface area contributed by atoms with Gasteiger partial charge < -0.3 is 20.1 Å². The van der Waals surface area contributed by atoms with E-state index >= 15 is 0 Å². The first kappa shape index (κ1) is 17.4. The van der Waals surface area contributed by atoms with Gasteiger partial charge in [0, 0.05) is 5.57 Å². The molecule has 0 spiro atoms. The van der Waals surface area contributed by atoms with Crippen LogP contribution in [0.15, 0.2) is 12.2 Å². The summed E-state index contributed by atoms with van der Waals surface area (Å²) in [6.07, 6.45) is 2.65. The highest BCUT2D eigenvalue weighted by atomic mass is 16.5. The van der Waals surface area contributed by atoms with Crippen molar-refractivity contribution in [3.05, 3.63) is 12.2 Å². The lowest BCUT2D eigenvalue weighted by Gasteiger charge is -2.16. The molecule has 0 aromatic rings. The molecule has 1 amide bonds. The molecule has 0 aromatic carbocycles. The standard InChI is InChI=1S/C12H20BN2O4/c1-9(2)11(17)15-10(12(18)19-3)6-4-5-7-14-13-8-16/h8,10,14H,1,4-7H2,2-3H3,(H,15,17). The number of carbonyl (C=O) groups excluding carboxylic acids is 3. The minimum atomic E-state index is -0.663. The van der Waals surface area contributed by atoms with E-state index in [4.69, 9.17) is 0 Å². The Morgan fingerprint density at radius 1 is 1.42 bits per heavy atom. The van der Waals surface area contributed by atoms with Gasteiger partial charge >= 0.3 is 5.97 Å². The van der Waals surface area contributed by atoms with Crippen molar-refractivity contribution >= 4 is 25.5 Å². The highest BCUT2D eigenvalue weighted by Crippen LogP contribution is 2.03. The van der Waals surface area contributed by atoms with Crippen LogP contribution in [0.1, 0.15) is 26.2 Å². The molecule has 0 aliphatic heterocycles. The molecule has 2 N–H and O–H groups in total. The summed E-state index contributed by atoms with van der Waals surface area (Å²) < 4.78 is 4.64. The van der Waals surface area contributed by atoms with Gasteiger partial charge in [-0.1, -0.05) is 6.58 Å². The maximum absolute atomic E-state index is 11.5. The third-order valence-electron chi connectivity index (χ3n) is 2.43. The van der Waals surface area contributed by atoms with Gasteiger partial charge in [-0.05, 0) is 32.7 Å². The van der Waals surface area contributed by atoms with Crippen molar-refractivity contribution in [1.82, 2.24) is 10.5 Å². The van der Waals surface area contributed by atoms with E-state index in [0.717, 1.165) is 12.8 Å². The largest absolute Gasteiger partial charge is 0.467 e. The van der Waals surface area contributed by atoms with Gasteiger partial charge in [-0.25, -0.2) is 4.79 Å². The maximum Gasteiger partial charge on any atom is 0.328 e. The minimum Gasteiger partial charge on any atom is -0.467 e. The zero-order valence-electron chi connectivity index (χ0n) is 11.4. The average molecular weight is 267 g/mol. The Bertz CT molecular complexity index is 334. The third-order valence-corrected chi connectivity index (χ3v) is 2.43. The van der Waals surface area contributed by atoms with Crippen LogP contribution in [0.5, 0.6) is 0 Å². The Hall–Kier alpha value is -1.63. The highest BCUT2D eigenvalue weighted by molar-refractivity contribution is 6.64. The molecule has 1 unspecified atom stereocenters. The fraction of sp³-hybridized carbons (Fsp3) is 0.583. The van der Waals surface area contributed by atoms with E-state index in [2.05, 4.69) is 21.9 Å². The van der Waals surface area contributed by atoms with Gasteiger partial charge in [0.05, 0.1) is 13.3 Å². The van der Waals surface area contributed by atoms with Gasteiger partial charge in [-0.15, -0.1) is 0 Å². The topological polar surface area (TPSA) is 84.5 Å². The summed E-state index contributed by atoms with van der Waals surface area (Å²) in [5.41, 5.74) is 0.344. The first-order valence-electron chi connectivity index (χ1n) is 6.07. The number of amides is 1. The Balaban J connectivity index is 4.07. The Labute approximate surface area is 114 Å². The molecule has 0 fully saturated rings. The maximum atomic E-state index is 11.5. The van der Waals surface area contributed by atoms with Crippen molar-refractivity contribution in [2.75, 3.05) is 13.7 Å². The smallest absolute Gasteiger partial charge is 0.328 e. The van der Waals surface area contributed by atoms with E-state index in [0.29, 0.717) is 24.7 Å². The summed E-state index contributed by atoms with van der Waals surface area (Å²) in [6.45, 7) is 5.72. The van der Waals surface area contributed by atoms with Crippen LogP contribution in [0.4, 0.5) is 0 Å². The van der Waals surface area contributed by atoms with Gasteiger partial charge in [-0.2, -0.15) is 0 Å². The lowest BCUT2D eigenvalue weighted by molar-refractivity contribution is -0.144. The molecule has 0 aliphatic carbocycles. The quantitative estimate of drug-likeness (QED) is 0.188. The highest BCUT2D eigenvalue weighted by Gasteiger charge is 2.20. The van der Waals surface area contributed by atoms with E-state index in [1.165, 1.54) is 14.5 Å². The summed E-state index contributed by atoms with van der Waals surface area (Å²) in [4.78, 5) is 33.0. The molecule has 1 radical (unpaired) electrons. The predicted octanol–water partition coefficient (Wildman–Crippen LogP) is -0.210. The number of esters is 1. The van der Waals surface area contributed by atoms with E-state index in [1.807, 2.05) is 0 Å². The normalized spacial score (nSPS) is 11.3. The van der Waals surface area contributed by atoms with Crippen molar-refractivity contribution < 1.29 is 19.1 Å². The first-order valence-corrected chi connectivity index (χ1v) is 6.07. The second kappa shape index (κ2) is 10.3. The fourth-order valence-electron chi connectivity index (χ4n) is 1.38. The van der Waals surface area contributed by atoms with E-state index in [-0.39, 0.29) is 5.91 Å². The Morgan fingerprint density at radius 2 is 2.11 bits per heavy atom. The summed E-state index contributed by atoms with van der Waals surface area (Å²) in [5.74, 6) is -0.829. The van der Waals surface area contributed by atoms with Crippen molar-refractivity contribution in [2.24, 2.45) is 0 Å². The number of hydrogen-bond acceptors (Lipinski definition) is 5. The average Bonchev–Trinajstić information content (AvgIpc) is 2.39. The molecular formula is C12H20BN2O4. The molecule has 105 valence electrons. The molecular weight excluding hydrogens is 247 g/mol. The molecule has 0 heterocycles. The number of hydrogen-bond donors (Lipinski definition) is 2. The summed E-state index contributed by atoms with van der Waals surface area (Å²) in [5, 5.41) is 5.37. The van der Waals surface area contributed by atoms with Gasteiger partial charge in [0.25, 0.3) is 7.41 Å². The summed E-state index contributed by atoms with van der Waals surface area (Å²) in [7, 11) is 2.60. The molecule has 0 saturated carbocycles. The number of ether oxygens (including phenoxy) is 1. The predicted molar refractivity (Wildman–Crippen MR) is 73.1 cm³/mol. The SMILES string of the molecule is C=C(C)C(=O)NC(CCCCN[B]C=O)C(=O)OC. The molecule has 6 nitrogen and oxygen atoms in total. The van der Waals surface area contributed by atoms with Crippen molar-refractivity contribution in [3.8, 4) is 0 Å². The monoisotopic (exact) mass is 267 g/mol. The Kier molecular flexibility index (Phi) is 9.43. The molecule has 7 heteroatoms. The van der Waals surface area contributed by atoms with E-state index < -0.39 is 12.0 Å². The number of unbranched alkanes of at least 4 members (excludes halogenated alkanes) is 1. The number of rotatable bonds is 10. The molecule has 0 aliphatic rings. The number of nitrogens with one attached hydrogen (secondary N) is 2. The van der Waals surface area contributed by atoms with Crippen LogP contribution in [0.3, 0.4) is 0 Å². The molecule has 0 saturated heterocycles.